The second kappa shape index (κ2) is 10.7. The summed E-state index contributed by atoms with van der Waals surface area (Å²) in [6, 6.07) is 13.4. The summed E-state index contributed by atoms with van der Waals surface area (Å²) in [5.74, 6) is 6.96. The summed E-state index contributed by atoms with van der Waals surface area (Å²) in [5, 5.41) is 2.20. The first-order chi connectivity index (χ1) is 15.6. The first-order valence-corrected chi connectivity index (χ1v) is 11.2. The number of ether oxygens (including phenoxy) is 1. The number of morpholine rings is 1. The van der Waals surface area contributed by atoms with Crippen molar-refractivity contribution in [2.75, 3.05) is 43.6 Å². The van der Waals surface area contributed by atoms with Gasteiger partial charge < -0.3 is 15.5 Å². The fourth-order valence-corrected chi connectivity index (χ4v) is 4.02. The number of benzene rings is 2. The predicted molar refractivity (Wildman–Crippen MR) is 129 cm³/mol. The van der Waals surface area contributed by atoms with Crippen molar-refractivity contribution >= 4 is 23.0 Å². The zero-order valence-electron chi connectivity index (χ0n) is 18.1. The summed E-state index contributed by atoms with van der Waals surface area (Å²) in [4.78, 5) is 11.6. The van der Waals surface area contributed by atoms with E-state index in [0.29, 0.717) is 23.1 Å². The van der Waals surface area contributed by atoms with E-state index >= 15 is 0 Å². The van der Waals surface area contributed by atoms with Crippen LogP contribution in [-0.4, -0.2) is 47.7 Å². The van der Waals surface area contributed by atoms with Gasteiger partial charge in [0.05, 0.1) is 31.1 Å². The molecule has 1 aromatic heterocycles. The molecule has 7 nitrogen and oxygen atoms in total. The highest BCUT2D eigenvalue weighted by Gasteiger charge is 2.11. The maximum absolute atomic E-state index is 6.26. The predicted octanol–water partition coefficient (Wildman–Crippen LogP) is 3.52. The molecule has 0 aliphatic carbocycles. The summed E-state index contributed by atoms with van der Waals surface area (Å²) < 4.78 is 5.40. The van der Waals surface area contributed by atoms with Gasteiger partial charge in [-0.15, -0.1) is 0 Å². The smallest absolute Gasteiger partial charge is 0.159 e. The zero-order chi connectivity index (χ0) is 22.3. The van der Waals surface area contributed by atoms with Crippen molar-refractivity contribution in [3.05, 3.63) is 71.0 Å². The van der Waals surface area contributed by atoms with Crippen molar-refractivity contribution in [2.45, 2.75) is 19.4 Å². The van der Waals surface area contributed by atoms with Crippen LogP contribution in [0.3, 0.4) is 0 Å². The molecule has 4 N–H and O–H groups in total. The van der Waals surface area contributed by atoms with E-state index in [1.165, 1.54) is 0 Å². The van der Waals surface area contributed by atoms with Crippen LogP contribution in [0.5, 0.6) is 0 Å². The van der Waals surface area contributed by atoms with Gasteiger partial charge >= 0.3 is 0 Å². The second-order valence-corrected chi connectivity index (χ2v) is 8.44. The first kappa shape index (κ1) is 22.5. The standard InChI is InChI=1S/C24H29ClN6O/c25-21-6-7-23(22(26)14-21)31(27)17-18-3-1-5-20(13-18)24-28-15-19(16-29-24)4-2-8-30-9-11-32-12-10-30/h1,3,5-7,13-16H,2,4,8-12,17,26-27H2. The van der Waals surface area contributed by atoms with Crippen molar-refractivity contribution in [3.8, 4) is 11.4 Å². The molecule has 0 radical (unpaired) electrons. The third kappa shape index (κ3) is 5.95. The fourth-order valence-electron chi connectivity index (χ4n) is 3.84. The molecule has 0 unspecified atom stereocenters. The van der Waals surface area contributed by atoms with E-state index in [-0.39, 0.29) is 0 Å². The second-order valence-electron chi connectivity index (χ2n) is 8.00. The van der Waals surface area contributed by atoms with Crippen LogP contribution in [0, 0.1) is 0 Å². The van der Waals surface area contributed by atoms with Gasteiger partial charge in [-0.3, -0.25) is 4.90 Å². The molecule has 1 saturated heterocycles. The van der Waals surface area contributed by atoms with Crippen molar-refractivity contribution in [3.63, 3.8) is 0 Å². The van der Waals surface area contributed by atoms with Crippen molar-refractivity contribution < 1.29 is 4.74 Å². The van der Waals surface area contributed by atoms with Gasteiger partial charge in [-0.2, -0.15) is 0 Å². The average molecular weight is 453 g/mol. The minimum atomic E-state index is 0.499. The number of nitrogens with two attached hydrogens (primary N) is 2. The van der Waals surface area contributed by atoms with Crippen LogP contribution in [-0.2, 0) is 17.7 Å². The van der Waals surface area contributed by atoms with E-state index in [4.69, 9.17) is 27.9 Å². The van der Waals surface area contributed by atoms with Gasteiger partial charge in [-0.05, 0) is 54.8 Å². The summed E-state index contributed by atoms with van der Waals surface area (Å²) in [5.41, 5.74) is 10.5. The zero-order valence-corrected chi connectivity index (χ0v) is 18.8. The number of hydrogen-bond acceptors (Lipinski definition) is 7. The summed E-state index contributed by atoms with van der Waals surface area (Å²) in [7, 11) is 0. The topological polar surface area (TPSA) is 93.5 Å². The Kier molecular flexibility index (Phi) is 7.55. The van der Waals surface area contributed by atoms with Crippen molar-refractivity contribution in [2.24, 2.45) is 5.84 Å². The van der Waals surface area contributed by atoms with Gasteiger partial charge in [-0.1, -0.05) is 29.8 Å². The normalized spacial score (nSPS) is 14.4. The molecule has 0 saturated carbocycles. The molecule has 0 amide bonds. The molecule has 0 spiro atoms. The summed E-state index contributed by atoms with van der Waals surface area (Å²) in [6.45, 7) is 5.31. The number of nitrogens with zero attached hydrogens (tertiary/aromatic N) is 4. The summed E-state index contributed by atoms with van der Waals surface area (Å²) in [6.07, 6.45) is 5.93. The Balaban J connectivity index is 1.36. The molecule has 2 aromatic carbocycles. The fraction of sp³-hybridized carbons (Fsp3) is 0.333. The Hall–Kier alpha value is -2.71. The first-order valence-electron chi connectivity index (χ1n) is 10.9. The Bertz CT molecular complexity index is 1020. The third-order valence-corrected chi connectivity index (χ3v) is 5.82. The van der Waals surface area contributed by atoms with Crippen molar-refractivity contribution in [1.29, 1.82) is 0 Å². The molecule has 8 heteroatoms. The lowest BCUT2D eigenvalue weighted by Crippen LogP contribution is -2.36. The van der Waals surface area contributed by atoms with Gasteiger partial charge in [0.25, 0.3) is 0 Å². The highest BCUT2D eigenvalue weighted by Crippen LogP contribution is 2.26. The Morgan fingerprint density at radius 1 is 1.03 bits per heavy atom. The maximum Gasteiger partial charge on any atom is 0.159 e. The van der Waals surface area contributed by atoms with Crippen LogP contribution in [0.2, 0.25) is 5.02 Å². The van der Waals surface area contributed by atoms with Gasteiger partial charge in [0.1, 0.15) is 0 Å². The Labute approximate surface area is 193 Å². The molecule has 168 valence electrons. The molecule has 0 bridgehead atoms. The lowest BCUT2D eigenvalue weighted by molar-refractivity contribution is 0.0374. The van der Waals surface area contributed by atoms with Gasteiger partial charge in [0.2, 0.25) is 0 Å². The van der Waals surface area contributed by atoms with Crippen LogP contribution in [0.15, 0.2) is 54.9 Å². The number of aryl methyl sites for hydroxylation is 1. The molecule has 4 rings (SSSR count). The highest BCUT2D eigenvalue weighted by molar-refractivity contribution is 6.31. The maximum atomic E-state index is 6.26. The van der Waals surface area contributed by atoms with Crippen LogP contribution in [0.4, 0.5) is 11.4 Å². The molecule has 3 aromatic rings. The molecule has 1 aliphatic rings. The minimum absolute atomic E-state index is 0.499. The molecule has 32 heavy (non-hydrogen) atoms. The van der Waals surface area contributed by atoms with Gasteiger partial charge in [0.15, 0.2) is 5.82 Å². The number of anilines is 2. The van der Waals surface area contributed by atoms with E-state index in [1.54, 1.807) is 17.1 Å². The van der Waals surface area contributed by atoms with Crippen LogP contribution in [0.1, 0.15) is 17.5 Å². The SMILES string of the molecule is Nc1cc(Cl)ccc1N(N)Cc1cccc(-c2ncc(CCCN3CCOCC3)cn2)c1. The molecule has 0 atom stereocenters. The largest absolute Gasteiger partial charge is 0.397 e. The molecule has 2 heterocycles. The number of halogens is 1. The third-order valence-electron chi connectivity index (χ3n) is 5.59. The number of rotatable bonds is 8. The van der Waals surface area contributed by atoms with E-state index in [0.717, 1.165) is 68.1 Å². The highest BCUT2D eigenvalue weighted by atomic mass is 35.5. The van der Waals surface area contributed by atoms with Crippen LogP contribution in [0.25, 0.3) is 11.4 Å². The van der Waals surface area contributed by atoms with Crippen molar-refractivity contribution in [1.82, 2.24) is 14.9 Å². The summed E-state index contributed by atoms with van der Waals surface area (Å²) >= 11 is 5.99. The molecule has 1 aliphatic heterocycles. The number of aromatic nitrogens is 2. The average Bonchev–Trinajstić information content (AvgIpc) is 2.80. The van der Waals surface area contributed by atoms with Gasteiger partial charge in [0, 0.05) is 36.1 Å². The Morgan fingerprint density at radius 3 is 2.56 bits per heavy atom. The monoisotopic (exact) mass is 452 g/mol. The van der Waals surface area contributed by atoms with E-state index < -0.39 is 0 Å². The van der Waals surface area contributed by atoms with Crippen LogP contribution < -0.4 is 16.6 Å². The number of nitrogen functional groups attached to an aromatic ring is 1. The molecular formula is C24H29ClN6O. The van der Waals surface area contributed by atoms with Crippen LogP contribution >= 0.6 is 11.6 Å². The lowest BCUT2D eigenvalue weighted by Gasteiger charge is -2.26. The quantitative estimate of drug-likeness (QED) is 0.307. The van der Waals surface area contributed by atoms with Gasteiger partial charge in [-0.25, -0.2) is 15.8 Å². The Morgan fingerprint density at radius 2 is 1.81 bits per heavy atom. The van der Waals surface area contributed by atoms with E-state index in [1.807, 2.05) is 36.7 Å². The number of hydrazine groups is 1. The minimum Gasteiger partial charge on any atom is -0.397 e. The molecule has 1 fully saturated rings. The lowest BCUT2D eigenvalue weighted by atomic mass is 10.1. The van der Waals surface area contributed by atoms with E-state index in [2.05, 4.69) is 20.9 Å². The van der Waals surface area contributed by atoms with E-state index in [9.17, 15) is 0 Å². The number of hydrogen-bond donors (Lipinski definition) is 2. The molecular weight excluding hydrogens is 424 g/mol.